The maximum atomic E-state index is 6.01. The summed E-state index contributed by atoms with van der Waals surface area (Å²) >= 11 is 0. The van der Waals surface area contributed by atoms with Crippen LogP contribution in [0.15, 0.2) is 23.0 Å². The molecule has 0 N–H and O–H groups in total. The van der Waals surface area contributed by atoms with Gasteiger partial charge >= 0.3 is 0 Å². The minimum atomic E-state index is 0.441. The van der Waals surface area contributed by atoms with Crippen molar-refractivity contribution in [1.82, 2.24) is 9.80 Å². The highest BCUT2D eigenvalue weighted by atomic mass is 16.5. The Balaban J connectivity index is 1.55. The Morgan fingerprint density at radius 3 is 3.05 bits per heavy atom. The van der Waals surface area contributed by atoms with E-state index < -0.39 is 0 Å². The van der Waals surface area contributed by atoms with Crippen LogP contribution < -0.4 is 0 Å². The largest absolute Gasteiger partial charge is 0.472 e. The fourth-order valence-corrected chi connectivity index (χ4v) is 3.49. The first kappa shape index (κ1) is 13.2. The zero-order valence-electron chi connectivity index (χ0n) is 11.9. The van der Waals surface area contributed by atoms with Crippen molar-refractivity contribution in [3.05, 3.63) is 24.2 Å². The Labute approximate surface area is 115 Å². The summed E-state index contributed by atoms with van der Waals surface area (Å²) in [7, 11) is 4.26. The molecule has 4 nitrogen and oxygen atoms in total. The van der Waals surface area contributed by atoms with Crippen LogP contribution in [0.4, 0.5) is 0 Å². The number of nitrogens with zero attached hydrogens (tertiary/aromatic N) is 2. The monoisotopic (exact) mass is 264 g/mol. The van der Waals surface area contributed by atoms with Gasteiger partial charge in [0.05, 0.1) is 25.2 Å². The molecule has 0 amide bonds. The first-order valence-electron chi connectivity index (χ1n) is 7.22. The molecule has 0 radical (unpaired) electrons. The molecule has 4 heteroatoms. The summed E-state index contributed by atoms with van der Waals surface area (Å²) < 4.78 is 11.2. The van der Waals surface area contributed by atoms with Crippen LogP contribution in [0.3, 0.4) is 0 Å². The van der Waals surface area contributed by atoms with Crippen LogP contribution in [-0.2, 0) is 11.3 Å². The number of likely N-dealkylation sites (tertiary alicyclic amines) is 1. The molecular formula is C15H24N2O2. The molecule has 2 aliphatic rings. The van der Waals surface area contributed by atoms with Gasteiger partial charge in [0, 0.05) is 31.1 Å². The number of hydrogen-bond donors (Lipinski definition) is 0. The summed E-state index contributed by atoms with van der Waals surface area (Å²) in [5.41, 5.74) is 1.28. The van der Waals surface area contributed by atoms with Crippen LogP contribution in [0.1, 0.15) is 12.0 Å². The van der Waals surface area contributed by atoms with Crippen molar-refractivity contribution in [2.24, 2.45) is 11.8 Å². The van der Waals surface area contributed by atoms with Gasteiger partial charge in [-0.2, -0.15) is 0 Å². The Morgan fingerprint density at radius 1 is 1.42 bits per heavy atom. The molecule has 1 aromatic rings. The normalized spacial score (nSPS) is 31.8. The van der Waals surface area contributed by atoms with Crippen LogP contribution in [0, 0.1) is 11.8 Å². The van der Waals surface area contributed by atoms with Crippen LogP contribution >= 0.6 is 0 Å². The quantitative estimate of drug-likeness (QED) is 0.827. The van der Waals surface area contributed by atoms with Crippen LogP contribution in [-0.4, -0.2) is 56.2 Å². The summed E-state index contributed by atoms with van der Waals surface area (Å²) in [6.45, 7) is 5.35. The third-order valence-corrected chi connectivity index (χ3v) is 4.41. The van der Waals surface area contributed by atoms with Crippen molar-refractivity contribution in [1.29, 1.82) is 0 Å². The molecule has 0 aliphatic carbocycles. The SMILES string of the molecule is CN(C)C[C@@H]1OC[C@H]2CN(Cc3ccoc3)CC[C@H]21. The van der Waals surface area contributed by atoms with Crippen LogP contribution in [0.25, 0.3) is 0 Å². The predicted molar refractivity (Wildman–Crippen MR) is 73.9 cm³/mol. The molecule has 0 spiro atoms. The highest BCUT2D eigenvalue weighted by Gasteiger charge is 2.40. The third-order valence-electron chi connectivity index (χ3n) is 4.41. The molecule has 3 rings (SSSR count). The topological polar surface area (TPSA) is 28.9 Å². The maximum Gasteiger partial charge on any atom is 0.0947 e. The van der Waals surface area contributed by atoms with E-state index in [0.717, 1.165) is 25.6 Å². The lowest BCUT2D eigenvalue weighted by Gasteiger charge is -2.35. The van der Waals surface area contributed by atoms with Crippen molar-refractivity contribution in [2.45, 2.75) is 19.1 Å². The second kappa shape index (κ2) is 5.65. The zero-order chi connectivity index (χ0) is 13.2. The molecule has 0 unspecified atom stereocenters. The smallest absolute Gasteiger partial charge is 0.0947 e. The molecule has 3 atom stereocenters. The van der Waals surface area contributed by atoms with Gasteiger partial charge in [0.2, 0.25) is 0 Å². The van der Waals surface area contributed by atoms with Gasteiger partial charge < -0.3 is 14.1 Å². The number of piperidine rings is 1. The lowest BCUT2D eigenvalue weighted by Crippen LogP contribution is -2.42. The number of rotatable bonds is 4. The van der Waals surface area contributed by atoms with Gasteiger partial charge in [0.15, 0.2) is 0 Å². The van der Waals surface area contributed by atoms with Gasteiger partial charge in [0.25, 0.3) is 0 Å². The average molecular weight is 264 g/mol. The fourth-order valence-electron chi connectivity index (χ4n) is 3.49. The van der Waals surface area contributed by atoms with Gasteiger partial charge in [-0.05, 0) is 39.0 Å². The first-order valence-corrected chi connectivity index (χ1v) is 7.22. The van der Waals surface area contributed by atoms with Crippen molar-refractivity contribution < 1.29 is 9.15 Å². The molecule has 1 aromatic heterocycles. The second-order valence-corrected chi connectivity index (χ2v) is 6.21. The van der Waals surface area contributed by atoms with E-state index in [2.05, 4.69) is 30.0 Å². The number of ether oxygens (including phenoxy) is 1. The molecule has 2 saturated heterocycles. The maximum absolute atomic E-state index is 6.01. The minimum absolute atomic E-state index is 0.441. The van der Waals surface area contributed by atoms with Crippen molar-refractivity contribution >= 4 is 0 Å². The fraction of sp³-hybridized carbons (Fsp3) is 0.733. The Kier molecular flexibility index (Phi) is 3.91. The van der Waals surface area contributed by atoms with Crippen molar-refractivity contribution in [3.63, 3.8) is 0 Å². The van der Waals surface area contributed by atoms with Crippen LogP contribution in [0.5, 0.6) is 0 Å². The van der Waals surface area contributed by atoms with E-state index in [1.54, 1.807) is 6.26 Å². The van der Waals surface area contributed by atoms with Gasteiger partial charge in [0.1, 0.15) is 0 Å². The summed E-state index contributed by atoms with van der Waals surface area (Å²) in [6, 6.07) is 2.06. The predicted octanol–water partition coefficient (Wildman–Crippen LogP) is 1.68. The molecule has 0 bridgehead atoms. The highest BCUT2D eigenvalue weighted by molar-refractivity contribution is 5.05. The van der Waals surface area contributed by atoms with E-state index in [0.29, 0.717) is 12.0 Å². The molecule has 0 aromatic carbocycles. The zero-order valence-corrected chi connectivity index (χ0v) is 11.9. The van der Waals surface area contributed by atoms with Crippen molar-refractivity contribution in [3.8, 4) is 0 Å². The number of likely N-dealkylation sites (N-methyl/N-ethyl adjacent to an activating group) is 1. The molecule has 3 heterocycles. The van der Waals surface area contributed by atoms with E-state index in [4.69, 9.17) is 9.15 Å². The summed E-state index contributed by atoms with van der Waals surface area (Å²) in [4.78, 5) is 4.78. The standard InChI is InChI=1S/C15H24N2O2/c1-16(2)9-15-14-3-5-17(8-13(14)11-19-15)7-12-4-6-18-10-12/h4,6,10,13-15H,3,5,7-9,11H2,1-2H3/t13-,14-,15+/m1/s1. The lowest BCUT2D eigenvalue weighted by atomic mass is 9.84. The van der Waals surface area contributed by atoms with Gasteiger partial charge in [-0.15, -0.1) is 0 Å². The molecule has 19 heavy (non-hydrogen) atoms. The Bertz CT molecular complexity index is 391. The number of furan rings is 1. The van der Waals surface area contributed by atoms with E-state index in [-0.39, 0.29) is 0 Å². The van der Waals surface area contributed by atoms with E-state index in [1.165, 1.54) is 25.1 Å². The summed E-state index contributed by atoms with van der Waals surface area (Å²) in [5, 5.41) is 0. The third kappa shape index (κ3) is 3.02. The Morgan fingerprint density at radius 2 is 2.32 bits per heavy atom. The minimum Gasteiger partial charge on any atom is -0.472 e. The summed E-state index contributed by atoms with van der Waals surface area (Å²) in [6.07, 6.45) is 5.32. The van der Waals surface area contributed by atoms with E-state index in [1.807, 2.05) is 6.26 Å². The van der Waals surface area contributed by atoms with Gasteiger partial charge in [-0.25, -0.2) is 0 Å². The molecular weight excluding hydrogens is 240 g/mol. The molecule has 106 valence electrons. The molecule has 2 fully saturated rings. The van der Waals surface area contributed by atoms with E-state index >= 15 is 0 Å². The second-order valence-electron chi connectivity index (χ2n) is 6.21. The molecule has 0 saturated carbocycles. The van der Waals surface area contributed by atoms with Gasteiger partial charge in [-0.3, -0.25) is 4.90 Å². The number of hydrogen-bond acceptors (Lipinski definition) is 4. The first-order chi connectivity index (χ1) is 9.22. The highest BCUT2D eigenvalue weighted by Crippen LogP contribution is 2.35. The van der Waals surface area contributed by atoms with Crippen molar-refractivity contribution in [2.75, 3.05) is 40.3 Å². The Hall–Kier alpha value is -0.840. The van der Waals surface area contributed by atoms with E-state index in [9.17, 15) is 0 Å². The lowest BCUT2D eigenvalue weighted by molar-refractivity contribution is 0.0626. The summed E-state index contributed by atoms with van der Waals surface area (Å²) in [5.74, 6) is 1.47. The van der Waals surface area contributed by atoms with Gasteiger partial charge in [-0.1, -0.05) is 0 Å². The molecule has 2 aliphatic heterocycles. The number of fused-ring (bicyclic) bond motifs is 1. The van der Waals surface area contributed by atoms with Crippen LogP contribution in [0.2, 0.25) is 0 Å². The average Bonchev–Trinajstić information content (AvgIpc) is 2.99.